The van der Waals surface area contributed by atoms with Crippen molar-refractivity contribution in [1.29, 1.82) is 0 Å². The second-order valence-corrected chi connectivity index (χ2v) is 33.7. The van der Waals surface area contributed by atoms with Gasteiger partial charge in [0.05, 0.1) is 7.59 Å². The molecule has 0 saturated carbocycles. The zero-order valence-electron chi connectivity index (χ0n) is 23.4. The summed E-state index contributed by atoms with van der Waals surface area (Å²) in [6.07, 6.45) is 0. The number of rotatable bonds is 7. The normalized spacial score (nSPS) is 14.2. The van der Waals surface area contributed by atoms with Crippen LogP contribution in [0.5, 0.6) is 0 Å². The third-order valence-electron chi connectivity index (χ3n) is 5.55. The van der Waals surface area contributed by atoms with Gasteiger partial charge in [-0.05, 0) is 100 Å². The van der Waals surface area contributed by atoms with E-state index in [4.69, 9.17) is 9.32 Å². The molecular weight excluding hydrogens is 465 g/mol. The fourth-order valence-corrected chi connectivity index (χ4v) is 17.8. The molecule has 0 amide bonds. The maximum atomic E-state index is 5.67. The summed E-state index contributed by atoms with van der Waals surface area (Å²) in [5.41, 5.74) is 8.18. The first-order chi connectivity index (χ1) is 14.9. The van der Waals surface area contributed by atoms with Crippen LogP contribution >= 0.6 is 0 Å². The van der Waals surface area contributed by atoms with E-state index in [9.17, 15) is 0 Å². The smallest absolute Gasteiger partial charge is 0.172 e. The highest BCUT2D eigenvalue weighted by molar-refractivity contribution is 7.55. The molecule has 2 nitrogen and oxygen atoms in total. The van der Waals surface area contributed by atoms with Gasteiger partial charge in [-0.15, -0.1) is 0 Å². The van der Waals surface area contributed by atoms with Crippen molar-refractivity contribution in [3.8, 4) is 0 Å². The Morgan fingerprint density at radius 2 is 0.818 bits per heavy atom. The van der Waals surface area contributed by atoms with Gasteiger partial charge in [-0.3, -0.25) is 0 Å². The third kappa shape index (κ3) is 7.31. The van der Waals surface area contributed by atoms with Crippen LogP contribution in [-0.2, 0) is 0 Å². The van der Waals surface area contributed by atoms with E-state index in [1.807, 2.05) is 0 Å². The highest BCUT2D eigenvalue weighted by Gasteiger charge is 2.41. The Labute approximate surface area is 208 Å². The molecule has 33 heavy (non-hydrogen) atoms. The average molecular weight is 510 g/mol. The summed E-state index contributed by atoms with van der Waals surface area (Å²) in [5.74, 6) is 0. The molecule has 0 spiro atoms. The van der Waals surface area contributed by atoms with Crippen molar-refractivity contribution in [3.63, 3.8) is 0 Å². The van der Waals surface area contributed by atoms with E-state index in [0.29, 0.717) is 0 Å². The van der Waals surface area contributed by atoms with E-state index in [-0.39, 0.29) is 0 Å². The Balaban J connectivity index is 3.07. The fraction of sp³-hybridized carbons (Fsp3) is 0.481. The monoisotopic (exact) mass is 509 g/mol. The molecule has 0 aliphatic carbocycles. The van der Waals surface area contributed by atoms with Gasteiger partial charge in [0, 0.05) is 10.7 Å². The van der Waals surface area contributed by atoms with E-state index in [2.05, 4.69) is 123 Å². The van der Waals surface area contributed by atoms with E-state index in [1.54, 1.807) is 0 Å². The lowest BCUT2D eigenvalue weighted by Crippen LogP contribution is -2.57. The summed E-state index contributed by atoms with van der Waals surface area (Å²) in [6.45, 7) is 30.9. The molecule has 0 aromatic heterocycles. The van der Waals surface area contributed by atoms with Crippen LogP contribution in [0.25, 0.3) is 0 Å². The molecule has 2 aromatic carbocycles. The minimum atomic E-state index is -1.73. The van der Waals surface area contributed by atoms with Crippen molar-refractivity contribution in [2.24, 2.45) is 9.32 Å². The number of hydrogen-bond acceptors (Lipinski definition) is 2. The highest BCUT2D eigenvalue weighted by atomic mass is 29.2. The molecule has 0 aliphatic heterocycles. The topological polar surface area (TPSA) is 24.7 Å². The molecule has 179 valence electrons. The first kappa shape index (κ1) is 27.9. The maximum absolute atomic E-state index is 5.67. The molecule has 0 fully saturated rings. The van der Waals surface area contributed by atoms with Crippen molar-refractivity contribution >= 4 is 43.0 Å². The van der Waals surface area contributed by atoms with E-state index >= 15 is 0 Å². The predicted octanol–water partition coefficient (Wildman–Crippen LogP) is 7.86. The Bertz CT molecular complexity index is 945. The second kappa shape index (κ2) is 10.1. The Hall–Kier alpha value is -1.35. The van der Waals surface area contributed by atoms with Crippen LogP contribution < -0.4 is 0 Å². The second-order valence-electron chi connectivity index (χ2n) is 12.4. The number of aryl methyl sites for hydroxylation is 4. The van der Waals surface area contributed by atoms with Gasteiger partial charge in [-0.1, -0.05) is 56.0 Å². The van der Waals surface area contributed by atoms with Crippen LogP contribution in [0.15, 0.2) is 45.7 Å². The van der Waals surface area contributed by atoms with Gasteiger partial charge in [0.15, 0.2) is 24.8 Å². The van der Waals surface area contributed by atoms with Gasteiger partial charge in [0.1, 0.15) is 0 Å². The zero-order valence-corrected chi connectivity index (χ0v) is 27.4. The van der Waals surface area contributed by atoms with Gasteiger partial charge in [-0.2, -0.15) is 0 Å². The van der Waals surface area contributed by atoms with Crippen LogP contribution in [-0.4, -0.2) is 43.0 Å². The molecule has 2 aromatic rings. The van der Waals surface area contributed by atoms with E-state index in [1.165, 1.54) is 44.1 Å². The lowest BCUT2D eigenvalue weighted by molar-refractivity contribution is 1.35. The summed E-state index contributed by atoms with van der Waals surface area (Å²) in [5, 5.41) is 2.79. The SMILES string of the molecule is Cc1cccc(C)c1/C(=N\[Si](C)(C)C)[Si](/C(=N/[Si](C)(C)C)c1c(C)cccc1C)[Si](C)(C)C. The van der Waals surface area contributed by atoms with Crippen LogP contribution in [0, 0.1) is 27.7 Å². The van der Waals surface area contributed by atoms with Crippen molar-refractivity contribution in [3.05, 3.63) is 69.8 Å². The molecule has 0 atom stereocenters. The number of hydrogen-bond donors (Lipinski definition) is 0. The first-order valence-corrected chi connectivity index (χ1v) is 25.0. The van der Waals surface area contributed by atoms with E-state index < -0.39 is 32.4 Å². The van der Waals surface area contributed by atoms with Crippen LogP contribution in [0.3, 0.4) is 0 Å². The quantitative estimate of drug-likeness (QED) is 0.268. The van der Waals surface area contributed by atoms with Crippen LogP contribution in [0.1, 0.15) is 33.4 Å². The fourth-order valence-electron chi connectivity index (χ4n) is 4.34. The zero-order chi connectivity index (χ0) is 25.4. The van der Waals surface area contributed by atoms with Crippen molar-refractivity contribution in [2.75, 3.05) is 0 Å². The minimum Gasteiger partial charge on any atom is -0.330 e. The molecule has 6 heteroatoms. The highest BCUT2D eigenvalue weighted by Crippen LogP contribution is 2.28. The largest absolute Gasteiger partial charge is 0.330 e. The standard InChI is InChI=1S/C27H45N2Si4/c1-20-16-14-17-21(2)24(20)26(28-31(5,6)7)30(33(11,12)13)27(29-32(8,9)10)25-22(3)18-15-19-23(25)4/h14-19H,1-13H3/b28-26+,29-27+. The molecule has 0 bridgehead atoms. The van der Waals surface area contributed by atoms with Crippen molar-refractivity contribution in [1.82, 2.24) is 0 Å². The lowest BCUT2D eigenvalue weighted by atomic mass is 10.0. The van der Waals surface area contributed by atoms with Crippen molar-refractivity contribution < 1.29 is 0 Å². The molecule has 0 N–H and O–H groups in total. The summed E-state index contributed by atoms with van der Waals surface area (Å²) >= 11 is 0. The molecular formula is C27H45N2Si4. The van der Waals surface area contributed by atoms with Gasteiger partial charge in [-0.25, -0.2) is 0 Å². The summed E-state index contributed by atoms with van der Waals surface area (Å²) in [7, 11) is -6.33. The Morgan fingerprint density at radius 3 is 1.03 bits per heavy atom. The molecule has 1 radical (unpaired) electrons. The van der Waals surface area contributed by atoms with Gasteiger partial charge in [0.25, 0.3) is 0 Å². The van der Waals surface area contributed by atoms with Crippen molar-refractivity contribution in [2.45, 2.75) is 86.6 Å². The molecule has 2 rings (SSSR count). The third-order valence-corrected chi connectivity index (χ3v) is 16.9. The average Bonchev–Trinajstić information content (AvgIpc) is 2.57. The molecule has 0 aliphatic rings. The van der Waals surface area contributed by atoms with Gasteiger partial charge < -0.3 is 9.32 Å². The lowest BCUT2D eigenvalue weighted by Gasteiger charge is -2.35. The van der Waals surface area contributed by atoms with Crippen LogP contribution in [0.2, 0.25) is 58.9 Å². The molecule has 0 unspecified atom stereocenters. The maximum Gasteiger partial charge on any atom is 0.172 e. The number of benzene rings is 2. The summed E-state index contributed by atoms with van der Waals surface area (Å²) in [6, 6.07) is 13.4. The summed E-state index contributed by atoms with van der Waals surface area (Å²) in [4.78, 5) is 0. The molecule has 0 heterocycles. The Kier molecular flexibility index (Phi) is 8.53. The van der Waals surface area contributed by atoms with Crippen LogP contribution in [0.4, 0.5) is 0 Å². The predicted molar refractivity (Wildman–Crippen MR) is 161 cm³/mol. The van der Waals surface area contributed by atoms with E-state index in [0.717, 1.165) is 0 Å². The molecule has 0 saturated heterocycles. The number of nitrogens with zero attached hydrogens (tertiary/aromatic N) is 2. The van der Waals surface area contributed by atoms with Gasteiger partial charge >= 0.3 is 0 Å². The Morgan fingerprint density at radius 1 is 0.545 bits per heavy atom. The minimum absolute atomic E-state index is 1.19. The summed E-state index contributed by atoms with van der Waals surface area (Å²) < 4.78 is 11.3. The van der Waals surface area contributed by atoms with Gasteiger partial charge in [0.2, 0.25) is 0 Å². The first-order valence-electron chi connectivity index (χ1n) is 12.1.